The quantitative estimate of drug-likeness (QED) is 0.0749. The molecule has 0 aliphatic carbocycles. The standard InChI is InChI=1S/C35H34N4O8/c1-44-31(40)21-30(37-33(41)45-22-25-12-5-2-6-13-25)28-18-11-19-29(20-28)36-32(38-34(42)46-23-26-14-7-3-8-15-26)39-35(43)47-24-27-16-9-4-10-17-27/h2-20,30H,21-24H2,1H3,(H,37,41)(H2,36,38,39,42,43). The maximum absolute atomic E-state index is 12.7. The predicted octanol–water partition coefficient (Wildman–Crippen LogP) is 6.25. The lowest BCUT2D eigenvalue weighted by Crippen LogP contribution is -2.37. The highest BCUT2D eigenvalue weighted by Gasteiger charge is 2.21. The summed E-state index contributed by atoms with van der Waals surface area (Å²) >= 11 is 0. The summed E-state index contributed by atoms with van der Waals surface area (Å²) in [5, 5.41) is 8.00. The Morgan fingerprint density at radius 1 is 0.660 bits per heavy atom. The number of rotatable bonds is 11. The van der Waals surface area contributed by atoms with Crippen molar-refractivity contribution >= 4 is 35.9 Å². The van der Waals surface area contributed by atoms with Crippen molar-refractivity contribution in [1.82, 2.24) is 10.6 Å². The molecule has 0 spiro atoms. The molecule has 3 N–H and O–H groups in total. The number of guanidine groups is 1. The Bertz CT molecular complexity index is 1650. The van der Waals surface area contributed by atoms with Crippen LogP contribution in [0.15, 0.2) is 120 Å². The Morgan fingerprint density at radius 2 is 1.19 bits per heavy atom. The zero-order chi connectivity index (χ0) is 33.3. The molecule has 0 fully saturated rings. The van der Waals surface area contributed by atoms with Gasteiger partial charge in [-0.2, -0.15) is 0 Å². The molecule has 0 heterocycles. The molecule has 0 aliphatic rings. The number of benzene rings is 4. The lowest BCUT2D eigenvalue weighted by molar-refractivity contribution is -0.141. The molecule has 4 aromatic carbocycles. The Morgan fingerprint density at radius 3 is 1.74 bits per heavy atom. The fourth-order valence-corrected chi connectivity index (χ4v) is 4.17. The number of anilines is 1. The largest absolute Gasteiger partial charge is 0.469 e. The maximum atomic E-state index is 12.7. The number of amides is 3. The van der Waals surface area contributed by atoms with Crippen molar-refractivity contribution in [2.24, 2.45) is 4.99 Å². The Labute approximate surface area is 271 Å². The first-order chi connectivity index (χ1) is 22.9. The highest BCUT2D eigenvalue weighted by molar-refractivity contribution is 6.06. The van der Waals surface area contributed by atoms with Crippen LogP contribution in [0.25, 0.3) is 0 Å². The van der Waals surface area contributed by atoms with Crippen molar-refractivity contribution in [3.05, 3.63) is 138 Å². The van der Waals surface area contributed by atoms with Gasteiger partial charge in [0.05, 0.1) is 19.6 Å². The van der Waals surface area contributed by atoms with Gasteiger partial charge in [-0.15, -0.1) is 4.99 Å². The first-order valence-corrected chi connectivity index (χ1v) is 14.6. The predicted molar refractivity (Wildman–Crippen MR) is 173 cm³/mol. The SMILES string of the molecule is COC(=O)CC(NC(=O)OCc1ccccc1)c1cccc(NC(=NC(=O)OCc2ccccc2)NC(=O)OCc2ccccc2)c1. The van der Waals surface area contributed by atoms with Gasteiger partial charge in [-0.3, -0.25) is 10.1 Å². The lowest BCUT2D eigenvalue weighted by atomic mass is 10.0. The van der Waals surface area contributed by atoms with Crippen LogP contribution in [0.5, 0.6) is 0 Å². The number of aliphatic imine (C=N–C) groups is 1. The number of esters is 1. The van der Waals surface area contributed by atoms with E-state index in [2.05, 4.69) is 20.9 Å². The van der Waals surface area contributed by atoms with Gasteiger partial charge in [0.1, 0.15) is 19.8 Å². The van der Waals surface area contributed by atoms with E-state index in [0.717, 1.165) is 16.7 Å². The average molecular weight is 639 g/mol. The van der Waals surface area contributed by atoms with E-state index >= 15 is 0 Å². The molecule has 0 saturated heterocycles. The molecule has 4 aromatic rings. The number of hydrogen-bond acceptors (Lipinski definition) is 8. The molecular weight excluding hydrogens is 604 g/mol. The minimum atomic E-state index is -0.970. The number of alkyl carbamates (subject to hydrolysis) is 2. The van der Waals surface area contributed by atoms with Crippen LogP contribution in [-0.4, -0.2) is 37.3 Å². The van der Waals surface area contributed by atoms with E-state index in [1.54, 1.807) is 48.5 Å². The zero-order valence-electron chi connectivity index (χ0n) is 25.6. The van der Waals surface area contributed by atoms with E-state index < -0.39 is 30.3 Å². The lowest BCUT2D eigenvalue weighted by Gasteiger charge is -2.19. The van der Waals surface area contributed by atoms with E-state index in [9.17, 15) is 19.2 Å². The topological polar surface area (TPSA) is 154 Å². The van der Waals surface area contributed by atoms with Crippen LogP contribution in [0.1, 0.15) is 34.7 Å². The van der Waals surface area contributed by atoms with Gasteiger partial charge in [-0.25, -0.2) is 14.4 Å². The third-order valence-corrected chi connectivity index (χ3v) is 6.50. The van der Waals surface area contributed by atoms with E-state index in [-0.39, 0.29) is 32.2 Å². The monoisotopic (exact) mass is 638 g/mol. The van der Waals surface area contributed by atoms with Crippen LogP contribution in [0.3, 0.4) is 0 Å². The second-order valence-corrected chi connectivity index (χ2v) is 9.98. The fourth-order valence-electron chi connectivity index (χ4n) is 4.17. The van der Waals surface area contributed by atoms with Crippen molar-refractivity contribution in [1.29, 1.82) is 0 Å². The molecule has 1 unspecified atom stereocenters. The highest BCUT2D eigenvalue weighted by Crippen LogP contribution is 2.22. The van der Waals surface area contributed by atoms with Crippen molar-refractivity contribution in [2.45, 2.75) is 32.3 Å². The van der Waals surface area contributed by atoms with Crippen LogP contribution in [0.4, 0.5) is 20.1 Å². The average Bonchev–Trinajstić information content (AvgIpc) is 3.10. The number of carbonyl (C=O) groups excluding carboxylic acids is 4. The molecule has 1 atom stereocenters. The molecule has 0 aromatic heterocycles. The summed E-state index contributed by atoms with van der Waals surface area (Å²) in [5.74, 6) is -0.846. The fraction of sp³-hybridized carbons (Fsp3) is 0.171. The van der Waals surface area contributed by atoms with Crippen molar-refractivity contribution in [3.63, 3.8) is 0 Å². The molecule has 12 nitrogen and oxygen atoms in total. The molecule has 4 rings (SSSR count). The second kappa shape index (κ2) is 18.0. The van der Waals surface area contributed by atoms with Crippen LogP contribution in [0.2, 0.25) is 0 Å². The smallest absolute Gasteiger partial charge is 0.437 e. The molecule has 0 aliphatic heterocycles. The number of hydrogen-bond donors (Lipinski definition) is 3. The van der Waals surface area contributed by atoms with E-state index in [0.29, 0.717) is 11.3 Å². The van der Waals surface area contributed by atoms with Crippen molar-refractivity contribution in [3.8, 4) is 0 Å². The third kappa shape index (κ3) is 12.0. The highest BCUT2D eigenvalue weighted by atomic mass is 16.6. The zero-order valence-corrected chi connectivity index (χ0v) is 25.6. The van der Waals surface area contributed by atoms with Gasteiger partial charge >= 0.3 is 24.2 Å². The molecule has 12 heteroatoms. The van der Waals surface area contributed by atoms with Gasteiger partial charge in [0, 0.05) is 5.69 Å². The number of nitrogens with one attached hydrogen (secondary N) is 3. The third-order valence-electron chi connectivity index (χ3n) is 6.50. The minimum absolute atomic E-state index is 0.0187. The Balaban J connectivity index is 1.48. The van der Waals surface area contributed by atoms with Gasteiger partial charge in [0.2, 0.25) is 5.96 Å². The van der Waals surface area contributed by atoms with Crippen molar-refractivity contribution < 1.29 is 38.1 Å². The van der Waals surface area contributed by atoms with Crippen LogP contribution >= 0.6 is 0 Å². The number of ether oxygens (including phenoxy) is 4. The van der Waals surface area contributed by atoms with Gasteiger partial charge in [-0.05, 0) is 34.4 Å². The summed E-state index contributed by atoms with van der Waals surface area (Å²) < 4.78 is 20.7. The van der Waals surface area contributed by atoms with Gasteiger partial charge < -0.3 is 29.6 Å². The molecule has 242 valence electrons. The summed E-state index contributed by atoms with van der Waals surface area (Å²) in [5.41, 5.74) is 3.15. The summed E-state index contributed by atoms with van der Waals surface area (Å²) in [6, 6.07) is 32.9. The second-order valence-electron chi connectivity index (χ2n) is 9.98. The molecular formula is C35H34N4O8. The van der Waals surface area contributed by atoms with E-state index in [1.165, 1.54) is 7.11 Å². The summed E-state index contributed by atoms with van der Waals surface area (Å²) in [7, 11) is 1.24. The van der Waals surface area contributed by atoms with E-state index in [1.807, 2.05) is 66.7 Å². The van der Waals surface area contributed by atoms with Crippen LogP contribution in [-0.2, 0) is 43.6 Å². The van der Waals surface area contributed by atoms with E-state index in [4.69, 9.17) is 18.9 Å². The normalized spacial score (nSPS) is 11.4. The Hall–Kier alpha value is -6.17. The summed E-state index contributed by atoms with van der Waals surface area (Å²) in [6.45, 7) is -0.0216. The number of carbonyl (C=O) groups is 4. The first-order valence-electron chi connectivity index (χ1n) is 14.6. The van der Waals surface area contributed by atoms with Gasteiger partial charge in [0.15, 0.2) is 0 Å². The van der Waals surface area contributed by atoms with Crippen LogP contribution < -0.4 is 16.0 Å². The molecule has 3 amide bonds. The van der Waals surface area contributed by atoms with Crippen molar-refractivity contribution in [2.75, 3.05) is 12.4 Å². The molecule has 0 saturated carbocycles. The first kappa shape index (κ1) is 33.7. The molecule has 47 heavy (non-hydrogen) atoms. The number of methoxy groups -OCH3 is 1. The maximum Gasteiger partial charge on any atom is 0.437 e. The summed E-state index contributed by atoms with van der Waals surface area (Å²) in [6.07, 6.45) is -2.79. The minimum Gasteiger partial charge on any atom is -0.469 e. The van der Waals surface area contributed by atoms with Crippen LogP contribution in [0, 0.1) is 0 Å². The van der Waals surface area contributed by atoms with Gasteiger partial charge in [0.25, 0.3) is 0 Å². The van der Waals surface area contributed by atoms with Gasteiger partial charge in [-0.1, -0.05) is 103 Å². The molecule has 0 radical (unpaired) electrons. The Kier molecular flexibility index (Phi) is 12.9. The summed E-state index contributed by atoms with van der Waals surface area (Å²) in [4.78, 5) is 54.1. The molecule has 0 bridgehead atoms. The number of nitrogens with zero attached hydrogens (tertiary/aromatic N) is 1.